The van der Waals surface area contributed by atoms with Crippen LogP contribution in [0.25, 0.3) is 0 Å². The van der Waals surface area contributed by atoms with Gasteiger partial charge in [-0.2, -0.15) is 0 Å². The molecule has 2 N–H and O–H groups in total. The van der Waals surface area contributed by atoms with Crippen LogP contribution >= 0.6 is 0 Å². The number of carbonyl (C=O) groups is 1. The van der Waals surface area contributed by atoms with Crippen molar-refractivity contribution in [1.29, 1.82) is 0 Å². The number of rotatable bonds is 8. The van der Waals surface area contributed by atoms with Crippen LogP contribution in [0.5, 0.6) is 0 Å². The molecule has 0 aromatic carbocycles. The molecule has 0 aliphatic heterocycles. The van der Waals surface area contributed by atoms with Gasteiger partial charge in [0.15, 0.2) is 0 Å². The standard InChI is InChI=1S/C11H21NO/c1-3-4-5-6-7-8-9-11(2,12)10-13/h3,10H,1,4-9,12H2,2H3/t11-/m0/s1. The Balaban J connectivity index is 3.25. The van der Waals surface area contributed by atoms with Crippen molar-refractivity contribution < 1.29 is 4.79 Å². The van der Waals surface area contributed by atoms with Crippen molar-refractivity contribution in [2.75, 3.05) is 0 Å². The Morgan fingerprint density at radius 1 is 1.31 bits per heavy atom. The number of hydrogen-bond acceptors (Lipinski definition) is 2. The lowest BCUT2D eigenvalue weighted by Crippen LogP contribution is -2.37. The van der Waals surface area contributed by atoms with Gasteiger partial charge in [-0.1, -0.05) is 25.3 Å². The van der Waals surface area contributed by atoms with Crippen LogP contribution in [0.15, 0.2) is 12.7 Å². The van der Waals surface area contributed by atoms with E-state index in [1.165, 1.54) is 12.8 Å². The molecule has 0 saturated heterocycles. The van der Waals surface area contributed by atoms with Crippen molar-refractivity contribution in [1.82, 2.24) is 0 Å². The van der Waals surface area contributed by atoms with Gasteiger partial charge in [0, 0.05) is 0 Å². The maximum atomic E-state index is 10.5. The minimum absolute atomic E-state index is 0.613. The van der Waals surface area contributed by atoms with Gasteiger partial charge < -0.3 is 10.5 Å². The first kappa shape index (κ1) is 12.4. The van der Waals surface area contributed by atoms with E-state index < -0.39 is 5.54 Å². The van der Waals surface area contributed by atoms with Gasteiger partial charge in [0.1, 0.15) is 6.29 Å². The first-order valence-electron chi connectivity index (χ1n) is 4.98. The molecule has 0 radical (unpaired) electrons. The molecule has 1 atom stereocenters. The molecule has 76 valence electrons. The average Bonchev–Trinajstić information content (AvgIpc) is 2.11. The lowest BCUT2D eigenvalue weighted by Gasteiger charge is -2.15. The lowest BCUT2D eigenvalue weighted by molar-refractivity contribution is -0.112. The van der Waals surface area contributed by atoms with Crippen LogP contribution in [-0.4, -0.2) is 11.8 Å². The molecular weight excluding hydrogens is 162 g/mol. The number of hydrogen-bond donors (Lipinski definition) is 1. The molecule has 0 aliphatic rings. The first-order chi connectivity index (χ1) is 6.12. The minimum Gasteiger partial charge on any atom is -0.319 e. The van der Waals surface area contributed by atoms with E-state index >= 15 is 0 Å². The van der Waals surface area contributed by atoms with E-state index in [0.717, 1.165) is 32.0 Å². The van der Waals surface area contributed by atoms with E-state index in [1.54, 1.807) is 6.92 Å². The van der Waals surface area contributed by atoms with Crippen molar-refractivity contribution in [3.63, 3.8) is 0 Å². The van der Waals surface area contributed by atoms with Crippen molar-refractivity contribution in [3.05, 3.63) is 12.7 Å². The summed E-state index contributed by atoms with van der Waals surface area (Å²) in [7, 11) is 0. The highest BCUT2D eigenvalue weighted by molar-refractivity contribution is 5.62. The molecule has 0 heterocycles. The van der Waals surface area contributed by atoms with Gasteiger partial charge in [0.05, 0.1) is 5.54 Å². The van der Waals surface area contributed by atoms with Gasteiger partial charge in [-0.3, -0.25) is 0 Å². The van der Waals surface area contributed by atoms with Crippen LogP contribution in [0, 0.1) is 0 Å². The highest BCUT2D eigenvalue weighted by Crippen LogP contribution is 2.11. The van der Waals surface area contributed by atoms with Crippen molar-refractivity contribution in [3.8, 4) is 0 Å². The Bertz CT molecular complexity index is 152. The zero-order valence-corrected chi connectivity index (χ0v) is 8.59. The molecular formula is C11H21NO. The summed E-state index contributed by atoms with van der Waals surface area (Å²) in [5.74, 6) is 0. The topological polar surface area (TPSA) is 43.1 Å². The summed E-state index contributed by atoms with van der Waals surface area (Å²) in [6.07, 6.45) is 9.29. The maximum absolute atomic E-state index is 10.5. The third kappa shape index (κ3) is 7.72. The van der Waals surface area contributed by atoms with E-state index in [1.807, 2.05) is 6.08 Å². The summed E-state index contributed by atoms with van der Waals surface area (Å²) in [5, 5.41) is 0. The fourth-order valence-corrected chi connectivity index (χ4v) is 1.21. The molecule has 2 nitrogen and oxygen atoms in total. The normalized spacial score (nSPS) is 14.9. The third-order valence-corrected chi connectivity index (χ3v) is 2.14. The van der Waals surface area contributed by atoms with Crippen molar-refractivity contribution >= 4 is 6.29 Å². The molecule has 0 saturated carbocycles. The van der Waals surface area contributed by atoms with Crippen molar-refractivity contribution in [2.45, 2.75) is 51.0 Å². The van der Waals surface area contributed by atoms with Gasteiger partial charge in [0.25, 0.3) is 0 Å². The molecule has 0 bridgehead atoms. The van der Waals surface area contributed by atoms with Crippen LogP contribution < -0.4 is 5.73 Å². The summed E-state index contributed by atoms with van der Waals surface area (Å²) in [6, 6.07) is 0. The molecule has 0 aromatic heterocycles. The average molecular weight is 183 g/mol. The second kappa shape index (κ2) is 6.84. The van der Waals surface area contributed by atoms with Gasteiger partial charge in [0.2, 0.25) is 0 Å². The quantitative estimate of drug-likeness (QED) is 0.357. The Morgan fingerprint density at radius 3 is 2.46 bits per heavy atom. The molecule has 0 fully saturated rings. The van der Waals surface area contributed by atoms with E-state index in [2.05, 4.69) is 6.58 Å². The van der Waals surface area contributed by atoms with E-state index in [9.17, 15) is 4.79 Å². The fourth-order valence-electron chi connectivity index (χ4n) is 1.21. The van der Waals surface area contributed by atoms with Crippen LogP contribution in [0.3, 0.4) is 0 Å². The van der Waals surface area contributed by atoms with Gasteiger partial charge in [-0.05, 0) is 26.2 Å². The van der Waals surface area contributed by atoms with E-state index in [-0.39, 0.29) is 0 Å². The van der Waals surface area contributed by atoms with Crippen LogP contribution in [0.1, 0.15) is 45.4 Å². The first-order valence-corrected chi connectivity index (χ1v) is 4.98. The van der Waals surface area contributed by atoms with Gasteiger partial charge >= 0.3 is 0 Å². The molecule has 0 amide bonds. The number of unbranched alkanes of at least 4 members (excludes halogenated alkanes) is 4. The zero-order chi connectivity index (χ0) is 10.2. The molecule has 0 unspecified atom stereocenters. The molecule has 0 aromatic rings. The number of allylic oxidation sites excluding steroid dienone is 1. The van der Waals surface area contributed by atoms with Crippen LogP contribution in [-0.2, 0) is 4.79 Å². The number of aldehydes is 1. The molecule has 13 heavy (non-hydrogen) atoms. The van der Waals surface area contributed by atoms with E-state index in [0.29, 0.717) is 0 Å². The molecule has 2 heteroatoms. The summed E-state index contributed by atoms with van der Waals surface area (Å²) >= 11 is 0. The summed E-state index contributed by atoms with van der Waals surface area (Å²) in [5.41, 5.74) is 5.06. The third-order valence-electron chi connectivity index (χ3n) is 2.14. The zero-order valence-electron chi connectivity index (χ0n) is 8.59. The summed E-state index contributed by atoms with van der Waals surface area (Å²) in [6.45, 7) is 5.45. The van der Waals surface area contributed by atoms with Gasteiger partial charge in [-0.15, -0.1) is 6.58 Å². The van der Waals surface area contributed by atoms with Crippen LogP contribution in [0.2, 0.25) is 0 Å². The summed E-state index contributed by atoms with van der Waals surface area (Å²) in [4.78, 5) is 10.5. The Hall–Kier alpha value is -0.630. The Kier molecular flexibility index (Phi) is 6.51. The maximum Gasteiger partial charge on any atom is 0.139 e. The van der Waals surface area contributed by atoms with Crippen LogP contribution in [0.4, 0.5) is 0 Å². The molecule has 0 rings (SSSR count). The van der Waals surface area contributed by atoms with E-state index in [4.69, 9.17) is 5.73 Å². The summed E-state index contributed by atoms with van der Waals surface area (Å²) < 4.78 is 0. The number of nitrogens with two attached hydrogens (primary N) is 1. The fraction of sp³-hybridized carbons (Fsp3) is 0.727. The monoisotopic (exact) mass is 183 g/mol. The minimum atomic E-state index is -0.613. The number of carbonyl (C=O) groups excluding carboxylic acids is 1. The Morgan fingerprint density at radius 2 is 1.92 bits per heavy atom. The second-order valence-electron chi connectivity index (χ2n) is 3.87. The predicted octanol–water partition coefficient (Wildman–Crippen LogP) is 2.43. The smallest absolute Gasteiger partial charge is 0.139 e. The largest absolute Gasteiger partial charge is 0.319 e. The predicted molar refractivity (Wildman–Crippen MR) is 56.6 cm³/mol. The Labute approximate surface area is 81.2 Å². The highest BCUT2D eigenvalue weighted by Gasteiger charge is 2.15. The molecule has 0 aliphatic carbocycles. The highest BCUT2D eigenvalue weighted by atomic mass is 16.1. The molecule has 0 spiro atoms. The van der Waals surface area contributed by atoms with Crippen molar-refractivity contribution in [2.24, 2.45) is 5.73 Å². The van der Waals surface area contributed by atoms with Gasteiger partial charge in [-0.25, -0.2) is 0 Å². The SMILES string of the molecule is C=CCCCCCC[C@](C)(N)C=O. The lowest BCUT2D eigenvalue weighted by atomic mass is 9.97. The second-order valence-corrected chi connectivity index (χ2v) is 3.87.